The lowest BCUT2D eigenvalue weighted by atomic mass is 9.93. The average molecular weight is 497 g/mol. The van der Waals surface area contributed by atoms with Crippen LogP contribution in [-0.2, 0) is 30.4 Å². The van der Waals surface area contributed by atoms with E-state index in [4.69, 9.17) is 0 Å². The predicted molar refractivity (Wildman–Crippen MR) is 109 cm³/mol. The Kier molecular flexibility index (Phi) is 4.70. The predicted octanol–water partition coefficient (Wildman–Crippen LogP) is 2.03. The zero-order chi connectivity index (χ0) is 22.9. The number of hydrogen-bond donors (Lipinski definition) is 0. The Morgan fingerprint density at radius 2 is 1.00 bits per heavy atom. The SMILES string of the molecule is O=S(=O)([O-])c1cc(N=C=S)c2ccc3c(S(=O)(=O)[O-])cc(S(=O)(=O)[O-])c4ccc1c2c34. The molecule has 0 aliphatic rings. The number of nitrogens with zero attached hydrogens (tertiary/aromatic N) is 1. The number of aliphatic imine (C=N–C) groups is 1. The van der Waals surface area contributed by atoms with E-state index < -0.39 is 45.0 Å². The van der Waals surface area contributed by atoms with E-state index in [1.54, 1.807) is 0 Å². The highest BCUT2D eigenvalue weighted by molar-refractivity contribution is 7.87. The number of thiocarbonyl (C=S) groups is 1. The largest absolute Gasteiger partial charge is 0.744 e. The molecule has 160 valence electrons. The van der Waals surface area contributed by atoms with Gasteiger partial charge in [0.25, 0.3) is 0 Å². The summed E-state index contributed by atoms with van der Waals surface area (Å²) >= 11 is 4.54. The quantitative estimate of drug-likeness (QED) is 0.175. The van der Waals surface area contributed by atoms with Crippen molar-refractivity contribution < 1.29 is 38.9 Å². The minimum atomic E-state index is -5.26. The van der Waals surface area contributed by atoms with Crippen LogP contribution in [0.2, 0.25) is 0 Å². The van der Waals surface area contributed by atoms with Crippen LogP contribution in [0.4, 0.5) is 5.69 Å². The van der Waals surface area contributed by atoms with Crippen molar-refractivity contribution >= 4 is 85.7 Å². The highest BCUT2D eigenvalue weighted by atomic mass is 32.2. The molecule has 4 aromatic rings. The zero-order valence-electron chi connectivity index (χ0n) is 14.7. The molecule has 0 amide bonds. The molecule has 0 N–H and O–H groups in total. The standard InChI is InChI=1S/C17H9NO9S4/c19-29(20,21)13-5-12(18-7-28)8-1-2-10-14(30(22,23)24)6-15(31(25,26)27)11-4-3-9(13)16(8)17(10)11/h1-6H,(H,19,20,21)(H,22,23,24)(H,25,26,27)/p-3. The summed E-state index contributed by atoms with van der Waals surface area (Å²) in [5, 5.41) is 1.22. The second-order valence-corrected chi connectivity index (χ2v) is 10.6. The van der Waals surface area contributed by atoms with Crippen molar-refractivity contribution in [3.8, 4) is 0 Å². The van der Waals surface area contributed by atoms with Crippen molar-refractivity contribution in [1.29, 1.82) is 0 Å². The van der Waals surface area contributed by atoms with Gasteiger partial charge >= 0.3 is 0 Å². The number of hydrogen-bond acceptors (Lipinski definition) is 11. The van der Waals surface area contributed by atoms with Crippen LogP contribution in [0.5, 0.6) is 0 Å². The van der Waals surface area contributed by atoms with E-state index in [9.17, 15) is 38.9 Å². The summed E-state index contributed by atoms with van der Waals surface area (Å²) in [5.41, 5.74) is -0.117. The molecular formula is C17H6NO9S4-3. The van der Waals surface area contributed by atoms with E-state index in [1.165, 1.54) is 12.1 Å². The summed E-state index contributed by atoms with van der Waals surface area (Å²) in [5.74, 6) is 0. The Hall–Kier alpha value is -2.55. The molecule has 0 saturated carbocycles. The Morgan fingerprint density at radius 3 is 1.39 bits per heavy atom. The zero-order valence-corrected chi connectivity index (χ0v) is 18.0. The molecule has 0 fully saturated rings. The highest BCUT2D eigenvalue weighted by Crippen LogP contribution is 2.44. The van der Waals surface area contributed by atoms with Gasteiger partial charge in [0, 0.05) is 26.9 Å². The maximum absolute atomic E-state index is 11.9. The third-order valence-electron chi connectivity index (χ3n) is 4.74. The van der Waals surface area contributed by atoms with Crippen LogP contribution >= 0.6 is 12.2 Å². The minimum absolute atomic E-state index is 0.0775. The molecule has 0 spiro atoms. The normalized spacial score (nSPS) is 13.1. The van der Waals surface area contributed by atoms with E-state index in [-0.39, 0.29) is 38.0 Å². The van der Waals surface area contributed by atoms with Gasteiger partial charge in [0.1, 0.15) is 30.4 Å². The second-order valence-electron chi connectivity index (χ2n) is 6.40. The van der Waals surface area contributed by atoms with Gasteiger partial charge in [-0.1, -0.05) is 24.3 Å². The molecule has 0 aliphatic carbocycles. The van der Waals surface area contributed by atoms with Crippen LogP contribution in [0, 0.1) is 0 Å². The van der Waals surface area contributed by atoms with E-state index >= 15 is 0 Å². The molecule has 0 atom stereocenters. The maximum Gasteiger partial charge on any atom is 0.125 e. The number of isothiocyanates is 1. The molecule has 0 aliphatic heterocycles. The molecule has 0 unspecified atom stereocenters. The molecule has 31 heavy (non-hydrogen) atoms. The Balaban J connectivity index is 2.48. The summed E-state index contributed by atoms with van der Waals surface area (Å²) < 4.78 is 106. The fraction of sp³-hybridized carbons (Fsp3) is 0. The Morgan fingerprint density at radius 1 is 0.645 bits per heavy atom. The van der Waals surface area contributed by atoms with Gasteiger partial charge in [0.2, 0.25) is 0 Å². The van der Waals surface area contributed by atoms with Crippen LogP contribution < -0.4 is 0 Å². The number of rotatable bonds is 4. The van der Waals surface area contributed by atoms with Crippen molar-refractivity contribution in [1.82, 2.24) is 0 Å². The first-order valence-corrected chi connectivity index (χ1v) is 12.6. The molecule has 0 bridgehead atoms. The van der Waals surface area contributed by atoms with Crippen LogP contribution in [0.3, 0.4) is 0 Å². The molecule has 0 aromatic heterocycles. The molecule has 4 rings (SSSR count). The fourth-order valence-corrected chi connectivity index (χ4v) is 5.91. The lowest BCUT2D eigenvalue weighted by molar-refractivity contribution is 0.460. The summed E-state index contributed by atoms with van der Waals surface area (Å²) in [7, 11) is -15.6. The lowest BCUT2D eigenvalue weighted by Gasteiger charge is -2.21. The van der Waals surface area contributed by atoms with Gasteiger partial charge in [-0.15, -0.1) is 0 Å². The summed E-state index contributed by atoms with van der Waals surface area (Å²) in [6, 6.07) is 6.07. The molecular weight excluding hydrogens is 490 g/mol. The van der Waals surface area contributed by atoms with Gasteiger partial charge < -0.3 is 13.7 Å². The van der Waals surface area contributed by atoms with Gasteiger partial charge in [0.05, 0.1) is 25.5 Å². The average Bonchev–Trinajstić information content (AvgIpc) is 2.63. The van der Waals surface area contributed by atoms with Crippen molar-refractivity contribution in [2.24, 2.45) is 4.99 Å². The first kappa shape index (κ1) is 21.7. The monoisotopic (exact) mass is 496 g/mol. The molecule has 0 radical (unpaired) electrons. The van der Waals surface area contributed by atoms with Gasteiger partial charge in [0.15, 0.2) is 0 Å². The minimum Gasteiger partial charge on any atom is -0.744 e. The van der Waals surface area contributed by atoms with Crippen LogP contribution in [0.25, 0.3) is 32.3 Å². The first-order valence-electron chi connectivity index (χ1n) is 7.99. The first-order chi connectivity index (χ1) is 14.2. The lowest BCUT2D eigenvalue weighted by Crippen LogP contribution is -2.07. The Bertz CT molecular complexity index is 1750. The van der Waals surface area contributed by atoms with E-state index in [1.807, 2.05) is 5.16 Å². The molecule has 0 heterocycles. The number of benzene rings is 4. The van der Waals surface area contributed by atoms with E-state index in [0.29, 0.717) is 6.07 Å². The van der Waals surface area contributed by atoms with Crippen molar-refractivity contribution in [2.45, 2.75) is 14.7 Å². The summed E-state index contributed by atoms with van der Waals surface area (Å²) in [4.78, 5) is 1.02. The van der Waals surface area contributed by atoms with Crippen LogP contribution in [0.1, 0.15) is 0 Å². The third kappa shape index (κ3) is 3.39. The topological polar surface area (TPSA) is 184 Å². The van der Waals surface area contributed by atoms with Crippen LogP contribution in [0.15, 0.2) is 56.1 Å². The Labute approximate surface area is 180 Å². The molecule has 0 saturated heterocycles. The van der Waals surface area contributed by atoms with Gasteiger partial charge in [-0.3, -0.25) is 0 Å². The van der Waals surface area contributed by atoms with Crippen molar-refractivity contribution in [3.05, 3.63) is 36.4 Å². The van der Waals surface area contributed by atoms with Gasteiger partial charge in [-0.2, -0.15) is 4.99 Å². The molecule has 4 aromatic carbocycles. The second kappa shape index (κ2) is 6.72. The molecule has 14 heteroatoms. The van der Waals surface area contributed by atoms with E-state index in [0.717, 1.165) is 18.2 Å². The van der Waals surface area contributed by atoms with Gasteiger partial charge in [-0.05, 0) is 29.7 Å². The third-order valence-corrected chi connectivity index (χ3v) is 7.46. The maximum atomic E-state index is 11.9. The van der Waals surface area contributed by atoms with E-state index in [2.05, 4.69) is 17.2 Å². The molecule has 10 nitrogen and oxygen atoms in total. The van der Waals surface area contributed by atoms with Gasteiger partial charge in [-0.25, -0.2) is 25.3 Å². The summed E-state index contributed by atoms with van der Waals surface area (Å²) in [6.45, 7) is 0. The smallest absolute Gasteiger partial charge is 0.125 e. The van der Waals surface area contributed by atoms with Crippen molar-refractivity contribution in [2.75, 3.05) is 0 Å². The van der Waals surface area contributed by atoms with Crippen molar-refractivity contribution in [3.63, 3.8) is 0 Å². The van der Waals surface area contributed by atoms with Crippen LogP contribution in [-0.4, -0.2) is 44.1 Å². The highest BCUT2D eigenvalue weighted by Gasteiger charge is 2.23. The summed E-state index contributed by atoms with van der Waals surface area (Å²) in [6.07, 6.45) is 0. The fourth-order valence-electron chi connectivity index (χ4n) is 3.64.